The smallest absolute Gasteiger partial charge is 0.417 e. The van der Waals surface area contributed by atoms with E-state index in [1.54, 1.807) is 6.92 Å². The molecule has 0 saturated carbocycles. The Hall–Kier alpha value is -2.47. The van der Waals surface area contributed by atoms with E-state index in [-0.39, 0.29) is 45.3 Å². The second-order valence-electron chi connectivity index (χ2n) is 6.89. The number of pyridine rings is 1. The molecule has 3 aromatic heterocycles. The number of aromatic nitrogens is 4. The SMILES string of the molecule is CC(N)COc1cc(Cl)c(-c2nnc(-c3cn4cc(C(F)(F)F)cc(Cl)c4n3)s2)cc1F. The highest BCUT2D eigenvalue weighted by Gasteiger charge is 2.32. The molecule has 4 rings (SSSR count). The summed E-state index contributed by atoms with van der Waals surface area (Å²) in [5, 5.41) is 8.63. The molecule has 1 atom stereocenters. The number of nitrogens with two attached hydrogens (primary N) is 1. The summed E-state index contributed by atoms with van der Waals surface area (Å²) >= 11 is 13.3. The molecule has 1 aromatic carbocycles. The van der Waals surface area contributed by atoms with Gasteiger partial charge in [0.2, 0.25) is 0 Å². The summed E-state index contributed by atoms with van der Waals surface area (Å²) in [7, 11) is 0. The zero-order chi connectivity index (χ0) is 23.2. The standard InChI is InChI=1S/C19H13Cl2F4N5OS/c1-8(26)7-31-15-4-11(20)10(3-13(15)22)17-28-29-18(32-17)14-6-30-5-9(19(23,24)25)2-12(21)16(30)27-14/h2-6,8H,7,26H2,1H3. The molecular formula is C19H13Cl2F4N5OS. The Morgan fingerprint density at radius 1 is 1.12 bits per heavy atom. The summed E-state index contributed by atoms with van der Waals surface area (Å²) in [6.45, 7) is 1.83. The fourth-order valence-corrected chi connectivity index (χ4v) is 4.16. The second-order valence-corrected chi connectivity index (χ2v) is 8.69. The molecule has 13 heteroatoms. The Bertz CT molecular complexity index is 1310. The normalized spacial score (nSPS) is 13.0. The van der Waals surface area contributed by atoms with Gasteiger partial charge in [0.05, 0.1) is 15.6 Å². The molecule has 0 radical (unpaired) electrons. The molecule has 0 fully saturated rings. The molecule has 6 nitrogen and oxygen atoms in total. The second kappa shape index (κ2) is 8.47. The van der Waals surface area contributed by atoms with Crippen LogP contribution in [0.25, 0.3) is 26.9 Å². The van der Waals surface area contributed by atoms with Crippen LogP contribution in [-0.2, 0) is 6.18 Å². The van der Waals surface area contributed by atoms with Crippen LogP contribution in [0.4, 0.5) is 17.6 Å². The van der Waals surface area contributed by atoms with E-state index >= 15 is 0 Å². The monoisotopic (exact) mass is 505 g/mol. The zero-order valence-corrected chi connectivity index (χ0v) is 18.5. The lowest BCUT2D eigenvalue weighted by molar-refractivity contribution is -0.137. The van der Waals surface area contributed by atoms with Crippen LogP contribution in [0.15, 0.2) is 30.6 Å². The number of nitrogens with zero attached hydrogens (tertiary/aromatic N) is 4. The van der Waals surface area contributed by atoms with Crippen molar-refractivity contribution in [2.75, 3.05) is 6.61 Å². The van der Waals surface area contributed by atoms with Crippen molar-refractivity contribution in [2.24, 2.45) is 5.73 Å². The first-order valence-corrected chi connectivity index (χ1v) is 10.6. The molecule has 0 aliphatic heterocycles. The summed E-state index contributed by atoms with van der Waals surface area (Å²) in [4.78, 5) is 4.24. The van der Waals surface area contributed by atoms with Crippen molar-refractivity contribution in [1.29, 1.82) is 0 Å². The highest BCUT2D eigenvalue weighted by molar-refractivity contribution is 7.18. The number of imidazole rings is 1. The lowest BCUT2D eigenvalue weighted by Gasteiger charge is -2.11. The van der Waals surface area contributed by atoms with Crippen LogP contribution in [0.5, 0.6) is 5.75 Å². The average molecular weight is 506 g/mol. The summed E-state index contributed by atoms with van der Waals surface area (Å²) < 4.78 is 60.0. The first-order chi connectivity index (χ1) is 15.0. The topological polar surface area (TPSA) is 78.3 Å². The van der Waals surface area contributed by atoms with E-state index in [2.05, 4.69) is 15.2 Å². The third-order valence-corrected chi connectivity index (χ3v) is 5.80. The Labute approximate surface area is 192 Å². The largest absolute Gasteiger partial charge is 0.489 e. The number of hydrogen-bond donors (Lipinski definition) is 1. The number of fused-ring (bicyclic) bond motifs is 1. The Kier molecular flexibility index (Phi) is 6.01. The Balaban J connectivity index is 1.68. The van der Waals surface area contributed by atoms with Crippen LogP contribution >= 0.6 is 34.5 Å². The van der Waals surface area contributed by atoms with Gasteiger partial charge in [-0.3, -0.25) is 0 Å². The molecule has 0 saturated heterocycles. The van der Waals surface area contributed by atoms with Crippen LogP contribution in [-0.4, -0.2) is 32.2 Å². The van der Waals surface area contributed by atoms with Gasteiger partial charge in [-0.1, -0.05) is 34.5 Å². The lowest BCUT2D eigenvalue weighted by atomic mass is 10.2. The molecule has 32 heavy (non-hydrogen) atoms. The molecule has 0 aliphatic carbocycles. The molecule has 0 spiro atoms. The number of halogens is 6. The predicted molar refractivity (Wildman–Crippen MR) is 114 cm³/mol. The van der Waals surface area contributed by atoms with Crippen molar-refractivity contribution in [3.05, 3.63) is 52.0 Å². The van der Waals surface area contributed by atoms with Gasteiger partial charge in [0.1, 0.15) is 17.3 Å². The van der Waals surface area contributed by atoms with E-state index in [0.717, 1.165) is 23.6 Å². The molecular weight excluding hydrogens is 493 g/mol. The van der Waals surface area contributed by atoms with E-state index in [4.69, 9.17) is 33.7 Å². The van der Waals surface area contributed by atoms with Crippen molar-refractivity contribution in [2.45, 2.75) is 19.1 Å². The maximum absolute atomic E-state index is 14.4. The van der Waals surface area contributed by atoms with E-state index in [1.165, 1.54) is 22.7 Å². The molecule has 1 unspecified atom stereocenters. The zero-order valence-electron chi connectivity index (χ0n) is 16.1. The maximum Gasteiger partial charge on any atom is 0.417 e. The summed E-state index contributed by atoms with van der Waals surface area (Å²) in [6.07, 6.45) is -2.32. The van der Waals surface area contributed by atoms with Crippen LogP contribution in [0.1, 0.15) is 12.5 Å². The van der Waals surface area contributed by atoms with Gasteiger partial charge in [-0.15, -0.1) is 10.2 Å². The third kappa shape index (κ3) is 4.51. The fraction of sp³-hybridized carbons (Fsp3) is 0.211. The first-order valence-electron chi connectivity index (χ1n) is 9.00. The quantitative estimate of drug-likeness (QED) is 0.351. The van der Waals surface area contributed by atoms with Gasteiger partial charge in [-0.25, -0.2) is 9.37 Å². The van der Waals surface area contributed by atoms with Crippen LogP contribution in [0.3, 0.4) is 0 Å². The van der Waals surface area contributed by atoms with Crippen LogP contribution < -0.4 is 10.5 Å². The van der Waals surface area contributed by atoms with Crippen molar-refractivity contribution in [1.82, 2.24) is 19.6 Å². The average Bonchev–Trinajstić information content (AvgIpc) is 3.34. The van der Waals surface area contributed by atoms with Crippen molar-refractivity contribution in [3.63, 3.8) is 0 Å². The number of alkyl halides is 3. The molecule has 2 N–H and O–H groups in total. The summed E-state index contributed by atoms with van der Waals surface area (Å²) in [5.74, 6) is -0.697. The minimum absolute atomic E-state index is 0.0451. The van der Waals surface area contributed by atoms with Gasteiger partial charge in [0.25, 0.3) is 0 Å². The maximum atomic E-state index is 14.4. The minimum atomic E-state index is -4.56. The van der Waals surface area contributed by atoms with Gasteiger partial charge in [-0.2, -0.15) is 13.2 Å². The third-order valence-electron chi connectivity index (χ3n) is 4.23. The van der Waals surface area contributed by atoms with Gasteiger partial charge in [0.15, 0.2) is 22.2 Å². The van der Waals surface area contributed by atoms with Gasteiger partial charge in [-0.05, 0) is 19.1 Å². The van der Waals surface area contributed by atoms with Gasteiger partial charge < -0.3 is 14.9 Å². The van der Waals surface area contributed by atoms with Gasteiger partial charge in [0, 0.05) is 30.1 Å². The molecule has 168 valence electrons. The van der Waals surface area contributed by atoms with Crippen LogP contribution in [0, 0.1) is 5.82 Å². The molecule has 0 bridgehead atoms. The van der Waals surface area contributed by atoms with Crippen molar-refractivity contribution in [3.8, 4) is 27.0 Å². The number of benzene rings is 1. The van der Waals surface area contributed by atoms with Gasteiger partial charge >= 0.3 is 6.18 Å². The first kappa shape index (κ1) is 22.7. The van der Waals surface area contributed by atoms with E-state index in [1.807, 2.05) is 0 Å². The Morgan fingerprint density at radius 2 is 1.84 bits per heavy atom. The summed E-state index contributed by atoms with van der Waals surface area (Å²) in [6, 6.07) is 3.00. The fourth-order valence-electron chi connectivity index (χ4n) is 2.77. The van der Waals surface area contributed by atoms with E-state index < -0.39 is 17.6 Å². The van der Waals surface area contributed by atoms with Crippen molar-refractivity contribution < 1.29 is 22.3 Å². The number of ether oxygens (including phenoxy) is 1. The predicted octanol–water partition coefficient (Wildman–Crippen LogP) is 5.71. The highest BCUT2D eigenvalue weighted by atomic mass is 35.5. The molecule has 3 heterocycles. The highest BCUT2D eigenvalue weighted by Crippen LogP contribution is 2.38. The number of hydrogen-bond acceptors (Lipinski definition) is 6. The van der Waals surface area contributed by atoms with E-state index in [0.29, 0.717) is 10.0 Å². The van der Waals surface area contributed by atoms with Crippen molar-refractivity contribution >= 4 is 40.2 Å². The number of rotatable bonds is 5. The molecule has 4 aromatic rings. The summed E-state index contributed by atoms with van der Waals surface area (Å²) in [5.41, 5.74) is 5.36. The van der Waals surface area contributed by atoms with E-state index in [9.17, 15) is 17.6 Å². The molecule has 0 aliphatic rings. The lowest BCUT2D eigenvalue weighted by Crippen LogP contribution is -2.23. The molecule has 0 amide bonds. The minimum Gasteiger partial charge on any atom is -0.489 e. The van der Waals surface area contributed by atoms with Crippen LogP contribution in [0.2, 0.25) is 10.0 Å². The Morgan fingerprint density at radius 3 is 2.53 bits per heavy atom.